The van der Waals surface area contributed by atoms with Gasteiger partial charge in [0.1, 0.15) is 0 Å². The first-order valence-electron chi connectivity index (χ1n) is 4.37. The molecule has 0 aromatic heterocycles. The van der Waals surface area contributed by atoms with Gasteiger partial charge in [0.15, 0.2) is 0 Å². The topological polar surface area (TPSA) is 0 Å². The van der Waals surface area contributed by atoms with E-state index in [4.69, 9.17) is 12.8 Å². The monoisotopic (exact) mass is 262 g/mol. The summed E-state index contributed by atoms with van der Waals surface area (Å²) in [6.07, 6.45) is -0.163. The minimum atomic E-state index is -4.86. The molecule has 0 N–H and O–H groups in total. The number of hydrogen-bond donors (Lipinski definition) is 0. The highest BCUT2D eigenvalue weighted by molar-refractivity contribution is 5.53. The lowest BCUT2D eigenvalue weighted by Crippen LogP contribution is -2.14. The molecule has 94 valence electrons. The summed E-state index contributed by atoms with van der Waals surface area (Å²) < 4.78 is 75.2. The Kier molecular flexibility index (Phi) is 3.34. The first-order chi connectivity index (χ1) is 8.11. The standard InChI is InChI=1S/C12H4F6/c1-3-7-5-10(12(16,17)18)8(4-2)6-9(7)11(13,14)15/h1-2,5-6H. The molecule has 0 atom stereocenters. The van der Waals surface area contributed by atoms with Crippen LogP contribution >= 0.6 is 0 Å². The van der Waals surface area contributed by atoms with Gasteiger partial charge in [0.25, 0.3) is 0 Å². The summed E-state index contributed by atoms with van der Waals surface area (Å²) in [6.45, 7) is 0. The van der Waals surface area contributed by atoms with Gasteiger partial charge in [0.2, 0.25) is 0 Å². The Labute approximate surface area is 98.6 Å². The predicted octanol–water partition coefficient (Wildman–Crippen LogP) is 3.69. The van der Waals surface area contributed by atoms with Gasteiger partial charge in [0.05, 0.1) is 11.1 Å². The Balaban J connectivity index is 3.66. The fourth-order valence-corrected chi connectivity index (χ4v) is 1.31. The van der Waals surface area contributed by atoms with Crippen molar-refractivity contribution in [3.8, 4) is 24.7 Å². The third kappa shape index (κ3) is 2.60. The lowest BCUT2D eigenvalue weighted by molar-refractivity contribution is -0.141. The average Bonchev–Trinajstić information content (AvgIpc) is 2.24. The van der Waals surface area contributed by atoms with Crippen LogP contribution in [0, 0.1) is 24.7 Å². The molecule has 0 nitrogen and oxygen atoms in total. The Morgan fingerprint density at radius 3 is 1.17 bits per heavy atom. The highest BCUT2D eigenvalue weighted by Gasteiger charge is 2.38. The minimum absolute atomic E-state index is 0.234. The van der Waals surface area contributed by atoms with E-state index in [9.17, 15) is 26.3 Å². The molecule has 0 aliphatic rings. The van der Waals surface area contributed by atoms with Crippen molar-refractivity contribution >= 4 is 0 Å². The number of rotatable bonds is 0. The summed E-state index contributed by atoms with van der Waals surface area (Å²) >= 11 is 0. The van der Waals surface area contributed by atoms with Crippen molar-refractivity contribution < 1.29 is 26.3 Å². The van der Waals surface area contributed by atoms with Crippen LogP contribution in [0.1, 0.15) is 22.3 Å². The van der Waals surface area contributed by atoms with E-state index in [0.29, 0.717) is 0 Å². The van der Waals surface area contributed by atoms with Crippen molar-refractivity contribution in [1.29, 1.82) is 0 Å². The lowest BCUT2D eigenvalue weighted by atomic mass is 9.98. The zero-order valence-corrected chi connectivity index (χ0v) is 8.58. The van der Waals surface area contributed by atoms with E-state index in [1.807, 2.05) is 0 Å². The van der Waals surface area contributed by atoms with Crippen LogP contribution in [0.15, 0.2) is 12.1 Å². The summed E-state index contributed by atoms with van der Waals surface area (Å²) in [6, 6.07) is 0.468. The third-order valence-corrected chi connectivity index (χ3v) is 2.08. The van der Waals surface area contributed by atoms with Crippen LogP contribution in [0.3, 0.4) is 0 Å². The molecular formula is C12H4F6. The molecular weight excluding hydrogens is 258 g/mol. The van der Waals surface area contributed by atoms with E-state index in [0.717, 1.165) is 0 Å². The number of alkyl halides is 6. The third-order valence-electron chi connectivity index (χ3n) is 2.08. The van der Waals surface area contributed by atoms with Crippen molar-refractivity contribution in [3.05, 3.63) is 34.4 Å². The largest absolute Gasteiger partial charge is 0.417 e. The van der Waals surface area contributed by atoms with Crippen LogP contribution in [-0.2, 0) is 12.4 Å². The van der Waals surface area contributed by atoms with Crippen molar-refractivity contribution in [3.63, 3.8) is 0 Å². The second-order valence-electron chi connectivity index (χ2n) is 3.23. The molecule has 0 unspecified atom stereocenters. The molecule has 1 rings (SSSR count). The molecule has 0 saturated heterocycles. The van der Waals surface area contributed by atoms with Crippen LogP contribution in [0.5, 0.6) is 0 Å². The predicted molar refractivity (Wildman–Crippen MR) is 52.3 cm³/mol. The van der Waals surface area contributed by atoms with Gasteiger partial charge in [0, 0.05) is 11.1 Å². The molecule has 0 aliphatic heterocycles. The van der Waals surface area contributed by atoms with Crippen LogP contribution < -0.4 is 0 Å². The van der Waals surface area contributed by atoms with Crippen LogP contribution in [0.4, 0.5) is 26.3 Å². The van der Waals surface area contributed by atoms with Crippen LogP contribution in [-0.4, -0.2) is 0 Å². The quantitative estimate of drug-likeness (QED) is 0.494. The van der Waals surface area contributed by atoms with Gasteiger partial charge in [-0.05, 0) is 12.1 Å². The molecule has 0 bridgehead atoms. The minimum Gasteiger partial charge on any atom is -0.166 e. The highest BCUT2D eigenvalue weighted by atomic mass is 19.4. The average molecular weight is 262 g/mol. The molecule has 0 amide bonds. The Morgan fingerprint density at radius 2 is 1.00 bits per heavy atom. The fourth-order valence-electron chi connectivity index (χ4n) is 1.31. The second-order valence-corrected chi connectivity index (χ2v) is 3.23. The van der Waals surface area contributed by atoms with Gasteiger partial charge in [-0.2, -0.15) is 26.3 Å². The van der Waals surface area contributed by atoms with Crippen molar-refractivity contribution in [2.24, 2.45) is 0 Å². The van der Waals surface area contributed by atoms with Gasteiger partial charge in [-0.3, -0.25) is 0 Å². The molecule has 18 heavy (non-hydrogen) atoms. The van der Waals surface area contributed by atoms with Gasteiger partial charge in [-0.25, -0.2) is 0 Å². The molecule has 0 saturated carbocycles. The molecule has 1 aromatic carbocycles. The maximum atomic E-state index is 12.5. The Bertz CT molecular complexity index is 496. The van der Waals surface area contributed by atoms with Crippen molar-refractivity contribution in [2.75, 3.05) is 0 Å². The zero-order chi connectivity index (χ0) is 14.1. The van der Waals surface area contributed by atoms with Crippen LogP contribution in [0.25, 0.3) is 0 Å². The van der Waals surface area contributed by atoms with E-state index >= 15 is 0 Å². The smallest absolute Gasteiger partial charge is 0.166 e. The lowest BCUT2D eigenvalue weighted by Gasteiger charge is -2.15. The molecule has 0 radical (unpaired) electrons. The molecule has 1 aromatic rings. The number of halogens is 6. The summed E-state index contributed by atoms with van der Waals surface area (Å²) in [7, 11) is 0. The maximum absolute atomic E-state index is 12.5. The highest BCUT2D eigenvalue weighted by Crippen LogP contribution is 2.38. The first kappa shape index (κ1) is 14.0. The summed E-state index contributed by atoms with van der Waals surface area (Å²) in [5.41, 5.74) is -4.50. The Morgan fingerprint density at radius 1 is 0.722 bits per heavy atom. The van der Waals surface area contributed by atoms with Crippen molar-refractivity contribution in [1.82, 2.24) is 0 Å². The summed E-state index contributed by atoms with van der Waals surface area (Å²) in [4.78, 5) is 0. The molecule has 0 fully saturated rings. The van der Waals surface area contributed by atoms with E-state index in [2.05, 4.69) is 0 Å². The summed E-state index contributed by atoms with van der Waals surface area (Å²) in [5.74, 6) is 3.15. The molecule has 0 heterocycles. The zero-order valence-electron chi connectivity index (χ0n) is 8.58. The molecule has 0 spiro atoms. The normalized spacial score (nSPS) is 11.8. The van der Waals surface area contributed by atoms with E-state index in [1.165, 1.54) is 0 Å². The number of benzene rings is 1. The second kappa shape index (κ2) is 4.30. The Hall–Kier alpha value is -2.08. The van der Waals surface area contributed by atoms with Gasteiger partial charge < -0.3 is 0 Å². The van der Waals surface area contributed by atoms with Gasteiger partial charge in [-0.1, -0.05) is 11.8 Å². The number of terminal acetylenes is 2. The van der Waals surface area contributed by atoms with Crippen LogP contribution in [0.2, 0.25) is 0 Å². The van der Waals surface area contributed by atoms with E-state index in [1.54, 1.807) is 11.8 Å². The first-order valence-corrected chi connectivity index (χ1v) is 4.37. The molecule has 0 aliphatic carbocycles. The van der Waals surface area contributed by atoms with Gasteiger partial charge in [-0.15, -0.1) is 12.8 Å². The summed E-state index contributed by atoms with van der Waals surface area (Å²) in [5, 5.41) is 0. The molecule has 6 heteroatoms. The number of hydrogen-bond acceptors (Lipinski definition) is 0. The maximum Gasteiger partial charge on any atom is 0.417 e. The van der Waals surface area contributed by atoms with E-state index in [-0.39, 0.29) is 12.1 Å². The SMILES string of the molecule is C#Cc1cc(C(F)(F)F)c(C#C)cc1C(F)(F)F. The van der Waals surface area contributed by atoms with E-state index < -0.39 is 34.6 Å². The fraction of sp³-hybridized carbons (Fsp3) is 0.167. The van der Waals surface area contributed by atoms with Gasteiger partial charge >= 0.3 is 12.4 Å². The van der Waals surface area contributed by atoms with Crippen molar-refractivity contribution in [2.45, 2.75) is 12.4 Å².